The van der Waals surface area contributed by atoms with Crippen molar-refractivity contribution in [2.24, 2.45) is 0 Å². The second kappa shape index (κ2) is 5.19. The molecular formula is C16H21N3O. The summed E-state index contributed by atoms with van der Waals surface area (Å²) >= 11 is 0. The van der Waals surface area contributed by atoms with E-state index >= 15 is 0 Å². The summed E-state index contributed by atoms with van der Waals surface area (Å²) in [5.41, 5.74) is 4.82. The number of hydrogen-bond donors (Lipinski definition) is 1. The fourth-order valence-corrected chi connectivity index (χ4v) is 2.95. The maximum Gasteiger partial charge on any atom is 0.222 e. The van der Waals surface area contributed by atoms with Gasteiger partial charge in [-0.3, -0.25) is 4.79 Å². The van der Waals surface area contributed by atoms with Gasteiger partial charge in [-0.05, 0) is 23.8 Å². The summed E-state index contributed by atoms with van der Waals surface area (Å²) in [6, 6.07) is 6.53. The molecule has 4 nitrogen and oxygen atoms in total. The molecule has 3 rings (SSSR count). The molecule has 1 fully saturated rings. The van der Waals surface area contributed by atoms with Gasteiger partial charge in [0.25, 0.3) is 0 Å². The number of amides is 1. The second-order valence-corrected chi connectivity index (χ2v) is 5.47. The fraction of sp³-hybridized carbons (Fsp3) is 0.438. The van der Waals surface area contributed by atoms with E-state index in [9.17, 15) is 4.79 Å². The Balaban J connectivity index is 1.68. The lowest BCUT2D eigenvalue weighted by Crippen LogP contribution is -2.48. The van der Waals surface area contributed by atoms with Gasteiger partial charge in [0.1, 0.15) is 0 Å². The lowest BCUT2D eigenvalue weighted by molar-refractivity contribution is -0.131. The van der Waals surface area contributed by atoms with E-state index in [2.05, 4.69) is 35.0 Å². The fourth-order valence-electron chi connectivity index (χ4n) is 2.95. The van der Waals surface area contributed by atoms with E-state index in [0.717, 1.165) is 38.3 Å². The molecule has 0 aromatic heterocycles. The summed E-state index contributed by atoms with van der Waals surface area (Å²) in [5.74, 6) is 0.263. The van der Waals surface area contributed by atoms with Crippen LogP contribution < -0.4 is 10.2 Å². The average Bonchev–Trinajstić information content (AvgIpc) is 2.85. The van der Waals surface area contributed by atoms with Crippen LogP contribution in [0.25, 0.3) is 0 Å². The van der Waals surface area contributed by atoms with Crippen molar-refractivity contribution in [3.8, 4) is 0 Å². The molecule has 106 valence electrons. The number of carbonyl (C=O) groups excluding carboxylic acids is 1. The molecule has 2 aliphatic rings. The summed E-state index contributed by atoms with van der Waals surface area (Å²) in [4.78, 5) is 16.0. The minimum Gasteiger partial charge on any atom is -0.368 e. The van der Waals surface area contributed by atoms with Gasteiger partial charge < -0.3 is 15.1 Å². The number of allylic oxidation sites excluding steroid dienone is 1. The number of fused-ring (bicyclic) bond motifs is 1. The van der Waals surface area contributed by atoms with Crippen LogP contribution in [-0.2, 0) is 11.2 Å². The molecule has 0 radical (unpaired) electrons. The maximum atomic E-state index is 11.7. The zero-order valence-corrected chi connectivity index (χ0v) is 12.0. The third-order valence-corrected chi connectivity index (χ3v) is 4.10. The Bertz CT molecular complexity index is 545. The first-order valence-corrected chi connectivity index (χ1v) is 7.28. The molecule has 1 N–H and O–H groups in total. The van der Waals surface area contributed by atoms with Crippen LogP contribution in [0, 0.1) is 0 Å². The van der Waals surface area contributed by atoms with E-state index in [1.807, 2.05) is 11.8 Å². The molecule has 0 unspecified atom stereocenters. The highest BCUT2D eigenvalue weighted by atomic mass is 16.2. The number of rotatable bonds is 2. The Morgan fingerprint density at radius 2 is 2.05 bits per heavy atom. The molecule has 1 aromatic rings. The highest BCUT2D eigenvalue weighted by Crippen LogP contribution is 2.31. The molecule has 4 heteroatoms. The highest BCUT2D eigenvalue weighted by molar-refractivity contribution is 5.76. The van der Waals surface area contributed by atoms with Crippen LogP contribution in [0.15, 0.2) is 30.5 Å². The van der Waals surface area contributed by atoms with Gasteiger partial charge in [0.05, 0.1) is 0 Å². The number of nitrogens with one attached hydrogen (secondary N) is 1. The van der Waals surface area contributed by atoms with Crippen molar-refractivity contribution in [1.82, 2.24) is 4.90 Å². The summed E-state index contributed by atoms with van der Waals surface area (Å²) in [6.45, 7) is 9.39. The quantitative estimate of drug-likeness (QED) is 0.896. The number of hydrogen-bond acceptors (Lipinski definition) is 3. The lowest BCUT2D eigenvalue weighted by Gasteiger charge is -2.36. The van der Waals surface area contributed by atoms with Crippen LogP contribution in [0.2, 0.25) is 0 Å². The largest absolute Gasteiger partial charge is 0.368 e. The first-order chi connectivity index (χ1) is 9.67. The van der Waals surface area contributed by atoms with Crippen LogP contribution in [0.1, 0.15) is 18.9 Å². The Labute approximate surface area is 120 Å². The third-order valence-electron chi connectivity index (χ3n) is 4.10. The van der Waals surface area contributed by atoms with E-state index in [1.165, 1.54) is 16.9 Å². The van der Waals surface area contributed by atoms with Crippen LogP contribution in [0.5, 0.6) is 0 Å². The topological polar surface area (TPSA) is 35.6 Å². The van der Waals surface area contributed by atoms with Gasteiger partial charge >= 0.3 is 0 Å². The number of carbonyl (C=O) groups is 1. The molecule has 0 aliphatic carbocycles. The lowest BCUT2D eigenvalue weighted by atomic mass is 10.1. The van der Waals surface area contributed by atoms with Crippen LogP contribution >= 0.6 is 0 Å². The van der Waals surface area contributed by atoms with Crippen LogP contribution in [0.4, 0.5) is 11.4 Å². The number of benzene rings is 1. The van der Waals surface area contributed by atoms with Crippen molar-refractivity contribution >= 4 is 17.3 Å². The Hall–Kier alpha value is -1.97. The third kappa shape index (κ3) is 2.38. The van der Waals surface area contributed by atoms with E-state index < -0.39 is 0 Å². The Morgan fingerprint density at radius 3 is 2.75 bits per heavy atom. The molecule has 0 saturated carbocycles. The molecule has 1 aromatic carbocycles. The Kier molecular flexibility index (Phi) is 3.38. The van der Waals surface area contributed by atoms with Gasteiger partial charge in [-0.1, -0.05) is 13.5 Å². The van der Waals surface area contributed by atoms with Crippen molar-refractivity contribution < 1.29 is 4.79 Å². The average molecular weight is 271 g/mol. The second-order valence-electron chi connectivity index (χ2n) is 5.47. The molecule has 1 amide bonds. The first-order valence-electron chi connectivity index (χ1n) is 7.28. The molecule has 0 atom stereocenters. The summed E-state index contributed by atoms with van der Waals surface area (Å²) in [7, 11) is 0. The minimum atomic E-state index is 0.263. The zero-order chi connectivity index (χ0) is 14.1. The van der Waals surface area contributed by atoms with Gasteiger partial charge in [-0.25, -0.2) is 0 Å². The van der Waals surface area contributed by atoms with Crippen molar-refractivity contribution in [2.45, 2.75) is 19.8 Å². The minimum absolute atomic E-state index is 0.263. The van der Waals surface area contributed by atoms with Crippen molar-refractivity contribution in [1.29, 1.82) is 0 Å². The van der Waals surface area contributed by atoms with Crippen molar-refractivity contribution in [3.05, 3.63) is 36.0 Å². The van der Waals surface area contributed by atoms with Crippen LogP contribution in [-0.4, -0.2) is 37.0 Å². The maximum absolute atomic E-state index is 11.7. The number of piperazine rings is 1. The smallest absolute Gasteiger partial charge is 0.222 e. The number of nitrogens with zero attached hydrogens (tertiary/aromatic N) is 2. The molecular weight excluding hydrogens is 250 g/mol. The molecule has 2 heterocycles. The van der Waals surface area contributed by atoms with E-state index in [-0.39, 0.29) is 5.91 Å². The van der Waals surface area contributed by atoms with Gasteiger partial charge in [0.2, 0.25) is 5.91 Å². The monoisotopic (exact) mass is 271 g/mol. The number of anilines is 2. The normalized spacial score (nSPS) is 17.9. The van der Waals surface area contributed by atoms with Crippen molar-refractivity contribution in [3.63, 3.8) is 0 Å². The first kappa shape index (κ1) is 13.0. The molecule has 1 saturated heterocycles. The van der Waals surface area contributed by atoms with Gasteiger partial charge in [0.15, 0.2) is 0 Å². The van der Waals surface area contributed by atoms with E-state index in [4.69, 9.17) is 0 Å². The standard InChI is InChI=1S/C16H21N3O/c1-3-16(20)19-8-6-18(7-9-19)14-4-5-15-13(11-14)10-12(2)17-15/h4-5,11,17H,2-3,6-10H2,1H3. The summed E-state index contributed by atoms with van der Waals surface area (Å²) in [6.07, 6.45) is 1.52. The van der Waals surface area contributed by atoms with Crippen molar-refractivity contribution in [2.75, 3.05) is 36.4 Å². The predicted molar refractivity (Wildman–Crippen MR) is 82.0 cm³/mol. The van der Waals surface area contributed by atoms with Gasteiger partial charge in [0, 0.05) is 56.1 Å². The molecule has 0 spiro atoms. The molecule has 20 heavy (non-hydrogen) atoms. The van der Waals surface area contributed by atoms with Gasteiger partial charge in [-0.15, -0.1) is 0 Å². The van der Waals surface area contributed by atoms with E-state index in [0.29, 0.717) is 6.42 Å². The zero-order valence-electron chi connectivity index (χ0n) is 12.0. The molecule has 0 bridgehead atoms. The SMILES string of the molecule is C=C1Cc2cc(N3CCN(C(=O)CC)CC3)ccc2N1. The molecule has 2 aliphatic heterocycles. The van der Waals surface area contributed by atoms with Crippen LogP contribution in [0.3, 0.4) is 0 Å². The van der Waals surface area contributed by atoms with E-state index in [1.54, 1.807) is 0 Å². The highest BCUT2D eigenvalue weighted by Gasteiger charge is 2.21. The summed E-state index contributed by atoms with van der Waals surface area (Å²) in [5, 5.41) is 3.29. The van der Waals surface area contributed by atoms with Gasteiger partial charge in [-0.2, -0.15) is 0 Å². The summed E-state index contributed by atoms with van der Waals surface area (Å²) < 4.78 is 0. The Morgan fingerprint density at radius 1 is 1.30 bits per heavy atom. The predicted octanol–water partition coefficient (Wildman–Crippen LogP) is 2.23.